The molecule has 2 aromatic carbocycles. The molecule has 6 nitrogen and oxygen atoms in total. The molecular weight excluding hydrogens is 422 g/mol. The van der Waals surface area contributed by atoms with Crippen LogP contribution in [0.5, 0.6) is 5.75 Å². The van der Waals surface area contributed by atoms with Gasteiger partial charge < -0.3 is 19.9 Å². The molecule has 168 valence electrons. The molecule has 0 bridgehead atoms. The van der Waals surface area contributed by atoms with Gasteiger partial charge in [0.25, 0.3) is 0 Å². The van der Waals surface area contributed by atoms with Crippen molar-refractivity contribution in [2.45, 2.75) is 6.42 Å². The number of fused-ring (bicyclic) bond motifs is 1. The number of nitrogens with zero attached hydrogens (tertiary/aromatic N) is 4. The molecule has 1 aromatic heterocycles. The number of halogens is 1. The lowest BCUT2D eigenvalue weighted by Gasteiger charge is -2.32. The number of benzene rings is 2. The molecular formula is C25H30ClN5O. The molecule has 0 spiro atoms. The molecule has 0 saturated carbocycles. The summed E-state index contributed by atoms with van der Waals surface area (Å²) in [6.07, 6.45) is 5.00. The van der Waals surface area contributed by atoms with Crippen molar-refractivity contribution >= 4 is 40.5 Å². The summed E-state index contributed by atoms with van der Waals surface area (Å²) in [7, 11) is 3.85. The molecule has 0 amide bonds. The number of aromatic nitrogens is 2. The number of hydrogen-bond acceptors (Lipinski definition) is 6. The van der Waals surface area contributed by atoms with Gasteiger partial charge in [0.2, 0.25) is 0 Å². The first-order chi connectivity index (χ1) is 15.6. The molecule has 32 heavy (non-hydrogen) atoms. The van der Waals surface area contributed by atoms with Gasteiger partial charge in [-0.25, -0.2) is 9.97 Å². The Morgan fingerprint density at radius 2 is 1.81 bits per heavy atom. The number of methoxy groups -OCH3 is 1. The van der Waals surface area contributed by atoms with Crippen LogP contribution >= 0.6 is 11.6 Å². The topological polar surface area (TPSA) is 53.5 Å². The molecule has 1 N–H and O–H groups in total. The molecule has 7 heteroatoms. The third-order valence-electron chi connectivity index (χ3n) is 5.76. The van der Waals surface area contributed by atoms with Crippen LogP contribution in [-0.4, -0.2) is 73.2 Å². The van der Waals surface area contributed by atoms with Crippen LogP contribution in [0.4, 0.5) is 5.82 Å². The van der Waals surface area contributed by atoms with Crippen molar-refractivity contribution in [2.24, 2.45) is 0 Å². The number of likely N-dealkylation sites (N-methyl/N-ethyl adjacent to an activating group) is 1. The van der Waals surface area contributed by atoms with E-state index in [0.717, 1.165) is 73.7 Å². The van der Waals surface area contributed by atoms with Gasteiger partial charge in [-0.3, -0.25) is 0 Å². The van der Waals surface area contributed by atoms with E-state index in [-0.39, 0.29) is 0 Å². The van der Waals surface area contributed by atoms with Crippen LogP contribution < -0.4 is 10.1 Å². The van der Waals surface area contributed by atoms with E-state index in [0.29, 0.717) is 10.8 Å². The van der Waals surface area contributed by atoms with Gasteiger partial charge in [-0.05, 0) is 62.0 Å². The molecule has 0 radical (unpaired) electrons. The molecule has 1 fully saturated rings. The minimum Gasteiger partial charge on any atom is -0.497 e. The largest absolute Gasteiger partial charge is 0.497 e. The van der Waals surface area contributed by atoms with Gasteiger partial charge in [-0.2, -0.15) is 0 Å². The van der Waals surface area contributed by atoms with Crippen molar-refractivity contribution in [3.8, 4) is 5.75 Å². The van der Waals surface area contributed by atoms with E-state index in [2.05, 4.69) is 22.2 Å². The lowest BCUT2D eigenvalue weighted by Crippen LogP contribution is -2.44. The predicted octanol–water partition coefficient (Wildman–Crippen LogP) is 4.51. The molecule has 2 heterocycles. The van der Waals surface area contributed by atoms with Crippen LogP contribution in [0.1, 0.15) is 17.8 Å². The van der Waals surface area contributed by atoms with Crippen LogP contribution in [0, 0.1) is 0 Å². The van der Waals surface area contributed by atoms with Gasteiger partial charge in [-0.15, -0.1) is 0 Å². The van der Waals surface area contributed by atoms with Gasteiger partial charge in [-0.1, -0.05) is 29.8 Å². The van der Waals surface area contributed by atoms with E-state index in [1.54, 1.807) is 7.11 Å². The third-order valence-corrected chi connectivity index (χ3v) is 5.99. The van der Waals surface area contributed by atoms with Crippen LogP contribution in [-0.2, 0) is 0 Å². The highest BCUT2D eigenvalue weighted by atomic mass is 35.5. The summed E-state index contributed by atoms with van der Waals surface area (Å²) in [6.45, 7) is 6.54. The van der Waals surface area contributed by atoms with Crippen molar-refractivity contribution in [3.63, 3.8) is 0 Å². The average molecular weight is 452 g/mol. The zero-order valence-corrected chi connectivity index (χ0v) is 19.5. The van der Waals surface area contributed by atoms with Crippen molar-refractivity contribution in [2.75, 3.05) is 58.7 Å². The Morgan fingerprint density at radius 3 is 2.56 bits per heavy atom. The van der Waals surface area contributed by atoms with Crippen molar-refractivity contribution in [1.29, 1.82) is 0 Å². The molecule has 1 aliphatic heterocycles. The third kappa shape index (κ3) is 5.97. The van der Waals surface area contributed by atoms with Gasteiger partial charge in [0, 0.05) is 43.1 Å². The van der Waals surface area contributed by atoms with E-state index in [1.165, 1.54) is 0 Å². The maximum absolute atomic E-state index is 6.23. The van der Waals surface area contributed by atoms with E-state index in [1.807, 2.05) is 54.6 Å². The summed E-state index contributed by atoms with van der Waals surface area (Å²) in [5, 5.41) is 5.18. The number of hydrogen-bond donors (Lipinski definition) is 1. The Kier molecular flexibility index (Phi) is 7.58. The minimum atomic E-state index is 0.650. The summed E-state index contributed by atoms with van der Waals surface area (Å²) in [6, 6.07) is 13.6. The van der Waals surface area contributed by atoms with Crippen LogP contribution in [0.2, 0.25) is 5.02 Å². The second-order valence-electron chi connectivity index (χ2n) is 8.12. The second kappa shape index (κ2) is 10.8. The quantitative estimate of drug-likeness (QED) is 0.508. The summed E-state index contributed by atoms with van der Waals surface area (Å²) in [4.78, 5) is 14.4. The standard InChI is InChI=1S/C25H30ClN5O/c1-30-14-16-31(17-15-30)13-3-12-27-25-22-10-7-20(26)18-23(22)28-24(29-25)11-6-19-4-8-21(32-2)9-5-19/h4-11,18H,3,12-17H2,1-2H3,(H,27,28,29). The zero-order valence-electron chi connectivity index (χ0n) is 18.7. The highest BCUT2D eigenvalue weighted by molar-refractivity contribution is 6.31. The van der Waals surface area contributed by atoms with Crippen LogP contribution in [0.25, 0.3) is 23.1 Å². The summed E-state index contributed by atoms with van der Waals surface area (Å²) >= 11 is 6.23. The first-order valence-corrected chi connectivity index (χ1v) is 11.4. The first-order valence-electron chi connectivity index (χ1n) is 11.0. The Bertz CT molecular complexity index is 1060. The summed E-state index contributed by atoms with van der Waals surface area (Å²) in [5.41, 5.74) is 1.89. The molecule has 4 rings (SSSR count). The minimum absolute atomic E-state index is 0.650. The molecule has 3 aromatic rings. The maximum atomic E-state index is 6.23. The first kappa shape index (κ1) is 22.5. The molecule has 0 atom stereocenters. The average Bonchev–Trinajstić information content (AvgIpc) is 2.81. The Balaban J connectivity index is 1.46. The fourth-order valence-corrected chi connectivity index (χ4v) is 3.96. The fraction of sp³-hybridized carbons (Fsp3) is 0.360. The highest BCUT2D eigenvalue weighted by Crippen LogP contribution is 2.24. The lowest BCUT2D eigenvalue weighted by molar-refractivity contribution is 0.154. The normalized spacial score (nSPS) is 15.5. The van der Waals surface area contributed by atoms with Gasteiger partial charge in [0.1, 0.15) is 11.6 Å². The van der Waals surface area contributed by atoms with E-state index in [4.69, 9.17) is 26.3 Å². The predicted molar refractivity (Wildman–Crippen MR) is 134 cm³/mol. The maximum Gasteiger partial charge on any atom is 0.154 e. The van der Waals surface area contributed by atoms with E-state index < -0.39 is 0 Å². The van der Waals surface area contributed by atoms with Gasteiger partial charge in [0.15, 0.2) is 5.82 Å². The summed E-state index contributed by atoms with van der Waals surface area (Å²) < 4.78 is 5.22. The molecule has 0 unspecified atom stereocenters. The molecule has 0 aliphatic carbocycles. The number of nitrogens with one attached hydrogen (secondary N) is 1. The number of anilines is 1. The second-order valence-corrected chi connectivity index (χ2v) is 8.56. The highest BCUT2D eigenvalue weighted by Gasteiger charge is 2.13. The van der Waals surface area contributed by atoms with Crippen molar-refractivity contribution in [3.05, 3.63) is 58.9 Å². The fourth-order valence-electron chi connectivity index (χ4n) is 3.80. The van der Waals surface area contributed by atoms with E-state index >= 15 is 0 Å². The Labute approximate surface area is 194 Å². The SMILES string of the molecule is COc1ccc(C=Cc2nc(NCCCN3CCN(C)CC3)c3ccc(Cl)cc3n2)cc1. The van der Waals surface area contributed by atoms with Crippen LogP contribution in [0.15, 0.2) is 42.5 Å². The number of rotatable bonds is 8. The van der Waals surface area contributed by atoms with Crippen molar-refractivity contribution < 1.29 is 4.74 Å². The summed E-state index contributed by atoms with van der Waals surface area (Å²) in [5.74, 6) is 2.33. The number of ether oxygens (including phenoxy) is 1. The molecule has 1 saturated heterocycles. The lowest BCUT2D eigenvalue weighted by atomic mass is 10.2. The zero-order chi connectivity index (χ0) is 22.3. The Hall–Kier alpha value is -2.67. The smallest absolute Gasteiger partial charge is 0.154 e. The monoisotopic (exact) mass is 451 g/mol. The molecule has 1 aliphatic rings. The van der Waals surface area contributed by atoms with Gasteiger partial charge in [0.05, 0.1) is 12.6 Å². The van der Waals surface area contributed by atoms with Crippen LogP contribution in [0.3, 0.4) is 0 Å². The van der Waals surface area contributed by atoms with Crippen molar-refractivity contribution in [1.82, 2.24) is 19.8 Å². The van der Waals surface area contributed by atoms with E-state index in [9.17, 15) is 0 Å². The number of piperazine rings is 1. The Morgan fingerprint density at radius 1 is 1.03 bits per heavy atom. The van der Waals surface area contributed by atoms with Gasteiger partial charge >= 0.3 is 0 Å².